The van der Waals surface area contributed by atoms with Gasteiger partial charge in [-0.3, -0.25) is 4.90 Å². The Morgan fingerprint density at radius 1 is 0.893 bits per heavy atom. The predicted octanol–water partition coefficient (Wildman–Crippen LogP) is 5.83. The second-order valence-electron chi connectivity index (χ2n) is 8.28. The smallest absolute Gasteiger partial charge is 0.105 e. The van der Waals surface area contributed by atoms with Crippen LogP contribution in [-0.2, 0) is 0 Å². The van der Waals surface area contributed by atoms with Crippen molar-refractivity contribution in [1.29, 1.82) is 0 Å². The number of piperidine rings is 3. The average Bonchev–Trinajstić information content (AvgIpc) is 3.30. The van der Waals surface area contributed by atoms with Gasteiger partial charge in [-0.1, -0.05) is 60.7 Å². The van der Waals surface area contributed by atoms with E-state index in [-0.39, 0.29) is 5.66 Å². The van der Waals surface area contributed by atoms with Gasteiger partial charge in [-0.25, -0.2) is 0 Å². The van der Waals surface area contributed by atoms with E-state index in [4.69, 9.17) is 0 Å². The van der Waals surface area contributed by atoms with Crippen LogP contribution >= 0.6 is 11.3 Å². The van der Waals surface area contributed by atoms with E-state index in [1.165, 1.54) is 48.5 Å². The van der Waals surface area contributed by atoms with Crippen LogP contribution in [0.3, 0.4) is 0 Å². The molecular weight excluding hydrogens is 360 g/mol. The Hall–Kier alpha value is -2.10. The van der Waals surface area contributed by atoms with Crippen molar-refractivity contribution < 1.29 is 0 Å². The summed E-state index contributed by atoms with van der Waals surface area (Å²) in [4.78, 5) is 5.39. The lowest BCUT2D eigenvalue weighted by molar-refractivity contribution is -0.0385. The first-order valence-electron chi connectivity index (χ1n) is 10.4. The second kappa shape index (κ2) is 7.38. The molecule has 1 atom stereocenters. The van der Waals surface area contributed by atoms with Crippen LogP contribution in [0.25, 0.3) is 0 Å². The van der Waals surface area contributed by atoms with Crippen molar-refractivity contribution in [2.45, 2.75) is 30.8 Å². The minimum Gasteiger partial charge on any atom is -0.347 e. The maximum atomic E-state index is 2.79. The molecule has 2 bridgehead atoms. The third-order valence-electron chi connectivity index (χ3n) is 6.90. The van der Waals surface area contributed by atoms with E-state index in [0.717, 1.165) is 5.92 Å². The summed E-state index contributed by atoms with van der Waals surface area (Å²) in [5.74, 6) is 1.15. The van der Waals surface area contributed by atoms with Gasteiger partial charge in [0.1, 0.15) is 5.66 Å². The third-order valence-corrected chi connectivity index (χ3v) is 7.84. The number of fused-ring (bicyclic) bond motifs is 3. The van der Waals surface area contributed by atoms with Gasteiger partial charge in [0.05, 0.1) is 5.00 Å². The van der Waals surface area contributed by atoms with Crippen molar-refractivity contribution in [3.63, 3.8) is 0 Å². The van der Waals surface area contributed by atoms with Crippen molar-refractivity contribution in [2.24, 2.45) is 5.92 Å². The third kappa shape index (κ3) is 2.89. The number of rotatable bonds is 5. The number of anilines is 1. The van der Waals surface area contributed by atoms with Gasteiger partial charge >= 0.3 is 0 Å². The van der Waals surface area contributed by atoms with Crippen molar-refractivity contribution in [2.75, 3.05) is 25.0 Å². The molecule has 2 aromatic carbocycles. The molecule has 1 aromatic heterocycles. The highest BCUT2D eigenvalue weighted by atomic mass is 32.1. The Balaban J connectivity index is 1.72. The molecule has 3 saturated heterocycles. The molecule has 0 N–H and O–H groups in total. The van der Waals surface area contributed by atoms with E-state index >= 15 is 0 Å². The molecule has 0 radical (unpaired) electrons. The first-order valence-corrected chi connectivity index (χ1v) is 11.3. The van der Waals surface area contributed by atoms with Crippen LogP contribution in [0.5, 0.6) is 0 Å². The zero-order chi connectivity index (χ0) is 19.0. The van der Waals surface area contributed by atoms with Crippen LogP contribution in [0.2, 0.25) is 0 Å². The fraction of sp³-hybridized carbons (Fsp3) is 0.360. The molecule has 0 spiro atoms. The number of thiophene rings is 1. The van der Waals surface area contributed by atoms with E-state index in [1.54, 1.807) is 0 Å². The molecule has 3 aliphatic rings. The number of nitrogens with zero attached hydrogens (tertiary/aromatic N) is 2. The fourth-order valence-electron chi connectivity index (χ4n) is 5.59. The van der Waals surface area contributed by atoms with Gasteiger partial charge < -0.3 is 4.90 Å². The van der Waals surface area contributed by atoms with Crippen molar-refractivity contribution in [3.8, 4) is 0 Å². The van der Waals surface area contributed by atoms with E-state index < -0.39 is 0 Å². The number of likely N-dealkylation sites (N-methyl/N-ethyl adjacent to an activating group) is 1. The largest absolute Gasteiger partial charge is 0.347 e. The lowest BCUT2D eigenvalue weighted by Crippen LogP contribution is -2.69. The lowest BCUT2D eigenvalue weighted by atomic mass is 9.68. The zero-order valence-corrected chi connectivity index (χ0v) is 17.3. The first kappa shape index (κ1) is 18.0. The molecule has 2 nitrogen and oxygen atoms in total. The highest BCUT2D eigenvalue weighted by molar-refractivity contribution is 7.14. The monoisotopic (exact) mass is 388 g/mol. The summed E-state index contributed by atoms with van der Waals surface area (Å²) in [5, 5.41) is 3.57. The summed E-state index contributed by atoms with van der Waals surface area (Å²) < 4.78 is 0. The van der Waals surface area contributed by atoms with Gasteiger partial charge in [-0.05, 0) is 53.8 Å². The highest BCUT2D eigenvalue weighted by Crippen LogP contribution is 2.52. The molecule has 0 saturated carbocycles. The lowest BCUT2D eigenvalue weighted by Gasteiger charge is -2.61. The Morgan fingerprint density at radius 2 is 1.50 bits per heavy atom. The van der Waals surface area contributed by atoms with Crippen LogP contribution in [0.1, 0.15) is 36.3 Å². The van der Waals surface area contributed by atoms with Gasteiger partial charge in [-0.2, -0.15) is 0 Å². The van der Waals surface area contributed by atoms with Crippen LogP contribution in [-0.4, -0.2) is 30.7 Å². The standard InChI is InChI=1S/C25H28N2S/c1-26(23-13-8-18-28-23)25(19-20-14-16-27(25)17-15-20)24(21-9-4-2-5-10-21)22-11-6-3-7-12-22/h2-13,18,20,24H,14-17,19H2,1H3/t25-/m0/s1. The van der Waals surface area contributed by atoms with Gasteiger partial charge in [0.25, 0.3) is 0 Å². The van der Waals surface area contributed by atoms with Crippen molar-refractivity contribution in [3.05, 3.63) is 89.3 Å². The van der Waals surface area contributed by atoms with Gasteiger partial charge in [0.15, 0.2) is 0 Å². The highest BCUT2D eigenvalue weighted by Gasteiger charge is 2.54. The summed E-state index contributed by atoms with van der Waals surface area (Å²) in [5.41, 5.74) is 2.82. The molecule has 6 rings (SSSR count). The van der Waals surface area contributed by atoms with E-state index in [0.29, 0.717) is 5.92 Å². The molecule has 0 aliphatic carbocycles. The average molecular weight is 389 g/mol. The quantitative estimate of drug-likeness (QED) is 0.543. The minimum absolute atomic E-state index is 0.0191. The molecule has 3 heteroatoms. The normalized spacial score (nSPS) is 26.5. The first-order chi connectivity index (χ1) is 13.8. The SMILES string of the molecule is CN(c1cccs1)[C@@]1(C(c2ccccc2)c2ccccc2)CC2CCN1CC2. The van der Waals surface area contributed by atoms with Crippen LogP contribution in [0, 0.1) is 5.92 Å². The number of hydrogen-bond acceptors (Lipinski definition) is 3. The van der Waals surface area contributed by atoms with E-state index in [9.17, 15) is 0 Å². The molecule has 4 heterocycles. The maximum Gasteiger partial charge on any atom is 0.105 e. The molecule has 0 unspecified atom stereocenters. The maximum absolute atomic E-state index is 2.79. The van der Waals surface area contributed by atoms with E-state index in [1.807, 2.05) is 11.3 Å². The minimum atomic E-state index is -0.0191. The molecule has 0 amide bonds. The molecule has 3 fully saturated rings. The number of hydrogen-bond donors (Lipinski definition) is 0. The van der Waals surface area contributed by atoms with Gasteiger partial charge in [0.2, 0.25) is 0 Å². The Bertz CT molecular complexity index is 845. The molecule has 28 heavy (non-hydrogen) atoms. The topological polar surface area (TPSA) is 6.48 Å². The van der Waals surface area contributed by atoms with Crippen molar-refractivity contribution in [1.82, 2.24) is 4.90 Å². The van der Waals surface area contributed by atoms with Crippen LogP contribution in [0.4, 0.5) is 5.00 Å². The summed E-state index contributed by atoms with van der Waals surface area (Å²) in [6.07, 6.45) is 3.92. The van der Waals surface area contributed by atoms with Crippen LogP contribution < -0.4 is 4.90 Å². The second-order valence-corrected chi connectivity index (χ2v) is 9.20. The predicted molar refractivity (Wildman–Crippen MR) is 119 cm³/mol. The van der Waals surface area contributed by atoms with Gasteiger partial charge in [-0.15, -0.1) is 11.3 Å². The Kier molecular flexibility index (Phi) is 4.73. The Morgan fingerprint density at radius 3 is 1.96 bits per heavy atom. The molecular formula is C25H28N2S. The van der Waals surface area contributed by atoms with E-state index in [2.05, 4.69) is 95.0 Å². The number of benzene rings is 2. The Labute approximate surface area is 172 Å². The zero-order valence-electron chi connectivity index (χ0n) is 16.5. The summed E-state index contributed by atoms with van der Waals surface area (Å²) in [6, 6.07) is 26.8. The van der Waals surface area contributed by atoms with Crippen molar-refractivity contribution >= 4 is 16.3 Å². The van der Waals surface area contributed by atoms with Gasteiger partial charge in [0, 0.05) is 26.1 Å². The molecule has 3 aliphatic heterocycles. The summed E-state index contributed by atoms with van der Waals surface area (Å²) in [7, 11) is 2.32. The summed E-state index contributed by atoms with van der Waals surface area (Å²) in [6.45, 7) is 2.41. The summed E-state index contributed by atoms with van der Waals surface area (Å²) >= 11 is 1.86. The van der Waals surface area contributed by atoms with Crippen LogP contribution in [0.15, 0.2) is 78.2 Å². The fourth-order valence-corrected chi connectivity index (χ4v) is 6.36. The molecule has 144 valence electrons. The molecule has 3 aromatic rings.